The topological polar surface area (TPSA) is 46.1 Å². The van der Waals surface area contributed by atoms with Crippen LogP contribution in [0.25, 0.3) is 0 Å². The number of methoxy groups -OCH3 is 1. The first-order valence-electron chi connectivity index (χ1n) is 9.35. The molecule has 0 spiro atoms. The molecule has 1 heterocycles. The second kappa shape index (κ2) is 10.5. The lowest BCUT2D eigenvalue weighted by atomic mass is 9.84. The molecule has 152 valence electrons. The number of nitrogens with zero attached hydrogens (tertiary/aromatic N) is 2. The second-order valence-electron chi connectivity index (χ2n) is 7.58. The molecule has 0 aliphatic carbocycles. The highest BCUT2D eigenvalue weighted by Gasteiger charge is 2.27. The Morgan fingerprint density at radius 2 is 2.07 bits per heavy atom. The maximum atomic E-state index is 6.19. The van der Waals surface area contributed by atoms with Gasteiger partial charge in [-0.3, -0.25) is 4.99 Å². The predicted molar refractivity (Wildman–Crippen MR) is 113 cm³/mol. The lowest BCUT2D eigenvalue weighted by Gasteiger charge is -2.29. The molecule has 0 amide bonds. The molecule has 1 unspecified atom stereocenters. The van der Waals surface area contributed by atoms with Gasteiger partial charge in [0.2, 0.25) is 0 Å². The van der Waals surface area contributed by atoms with Crippen LogP contribution < -0.4 is 5.32 Å². The summed E-state index contributed by atoms with van der Waals surface area (Å²) in [5.74, 6) is 1.46. The van der Waals surface area contributed by atoms with Crippen molar-refractivity contribution in [2.45, 2.75) is 25.7 Å². The third kappa shape index (κ3) is 6.53. The van der Waals surface area contributed by atoms with Crippen molar-refractivity contribution < 1.29 is 9.47 Å². The number of likely N-dealkylation sites (tertiary alicyclic amines) is 1. The summed E-state index contributed by atoms with van der Waals surface area (Å²) in [7, 11) is 3.52. The predicted octanol–water partition coefficient (Wildman–Crippen LogP) is 3.83. The van der Waals surface area contributed by atoms with Crippen LogP contribution in [0, 0.1) is 5.92 Å². The fraction of sp³-hybridized carbons (Fsp3) is 0.650. The largest absolute Gasteiger partial charge is 0.382 e. The molecule has 1 atom stereocenters. The molecule has 1 aliphatic heterocycles. The van der Waals surface area contributed by atoms with Crippen LogP contribution in [0.2, 0.25) is 10.0 Å². The van der Waals surface area contributed by atoms with Gasteiger partial charge in [-0.15, -0.1) is 0 Å². The maximum absolute atomic E-state index is 6.19. The van der Waals surface area contributed by atoms with Crippen molar-refractivity contribution in [1.82, 2.24) is 10.2 Å². The van der Waals surface area contributed by atoms with E-state index in [9.17, 15) is 0 Å². The Kier molecular flexibility index (Phi) is 8.67. The molecule has 1 aromatic rings. The number of nitrogens with one attached hydrogen (secondary N) is 1. The first-order chi connectivity index (χ1) is 12.9. The summed E-state index contributed by atoms with van der Waals surface area (Å²) in [4.78, 5) is 6.77. The number of aliphatic imine (C=N–C) groups is 1. The molecule has 0 saturated carbocycles. The van der Waals surface area contributed by atoms with Crippen LogP contribution >= 0.6 is 23.2 Å². The number of guanidine groups is 1. The Balaban J connectivity index is 1.87. The normalized spacial score (nSPS) is 18.2. The molecule has 1 aromatic carbocycles. The van der Waals surface area contributed by atoms with E-state index in [1.165, 1.54) is 0 Å². The standard InChI is InChI=1S/C20H31Cl2N3O2/c1-20(2,16-5-6-17(21)18(22)11-16)14-24-19(23-3)25-8-7-15(12-25)13-27-10-9-26-4/h5-6,11,15H,7-10,12-14H2,1-4H3,(H,23,24). The quantitative estimate of drug-likeness (QED) is 0.398. The summed E-state index contributed by atoms with van der Waals surface area (Å²) in [6.45, 7) is 9.13. The van der Waals surface area contributed by atoms with Gasteiger partial charge < -0.3 is 19.7 Å². The molecular weight excluding hydrogens is 385 g/mol. The molecule has 1 aliphatic rings. The van der Waals surface area contributed by atoms with Crippen molar-refractivity contribution in [1.29, 1.82) is 0 Å². The maximum Gasteiger partial charge on any atom is 0.193 e. The van der Waals surface area contributed by atoms with Crippen LogP contribution in [0.4, 0.5) is 0 Å². The minimum absolute atomic E-state index is 0.105. The summed E-state index contributed by atoms with van der Waals surface area (Å²) in [6, 6.07) is 5.82. The molecule has 1 fully saturated rings. The van der Waals surface area contributed by atoms with Crippen LogP contribution in [-0.2, 0) is 14.9 Å². The number of halogens is 2. The smallest absolute Gasteiger partial charge is 0.193 e. The fourth-order valence-corrected chi connectivity index (χ4v) is 3.50. The molecule has 5 nitrogen and oxygen atoms in total. The fourth-order valence-electron chi connectivity index (χ4n) is 3.20. The molecule has 1 saturated heterocycles. The number of hydrogen-bond donors (Lipinski definition) is 1. The van der Waals surface area contributed by atoms with E-state index in [1.807, 2.05) is 25.2 Å². The van der Waals surface area contributed by atoms with Gasteiger partial charge in [0, 0.05) is 45.1 Å². The Bertz CT molecular complexity index is 638. The van der Waals surface area contributed by atoms with Crippen molar-refractivity contribution in [2.75, 3.05) is 53.6 Å². The van der Waals surface area contributed by atoms with Crippen LogP contribution in [0.5, 0.6) is 0 Å². The molecule has 1 N–H and O–H groups in total. The summed E-state index contributed by atoms with van der Waals surface area (Å²) >= 11 is 12.2. The number of benzene rings is 1. The second-order valence-corrected chi connectivity index (χ2v) is 8.40. The van der Waals surface area contributed by atoms with E-state index in [1.54, 1.807) is 7.11 Å². The van der Waals surface area contributed by atoms with Crippen LogP contribution in [0.3, 0.4) is 0 Å². The molecule has 7 heteroatoms. The van der Waals surface area contributed by atoms with E-state index in [0.717, 1.165) is 44.2 Å². The Labute approximate surface area is 173 Å². The van der Waals surface area contributed by atoms with Gasteiger partial charge in [0.1, 0.15) is 0 Å². The van der Waals surface area contributed by atoms with Gasteiger partial charge in [-0.1, -0.05) is 43.1 Å². The zero-order valence-corrected chi connectivity index (χ0v) is 18.2. The van der Waals surface area contributed by atoms with E-state index in [4.69, 9.17) is 32.7 Å². The van der Waals surface area contributed by atoms with E-state index < -0.39 is 0 Å². The highest BCUT2D eigenvalue weighted by atomic mass is 35.5. The van der Waals surface area contributed by atoms with E-state index in [-0.39, 0.29) is 5.41 Å². The Morgan fingerprint density at radius 3 is 2.74 bits per heavy atom. The number of hydrogen-bond acceptors (Lipinski definition) is 3. The van der Waals surface area contributed by atoms with Gasteiger partial charge in [0.05, 0.1) is 29.9 Å². The summed E-state index contributed by atoms with van der Waals surface area (Å²) < 4.78 is 10.7. The van der Waals surface area contributed by atoms with Crippen molar-refractivity contribution in [2.24, 2.45) is 10.9 Å². The highest BCUT2D eigenvalue weighted by molar-refractivity contribution is 6.42. The lowest BCUT2D eigenvalue weighted by Crippen LogP contribution is -2.45. The molecule has 2 rings (SSSR count). The molecule has 0 bridgehead atoms. The van der Waals surface area contributed by atoms with Crippen molar-refractivity contribution in [3.8, 4) is 0 Å². The average Bonchev–Trinajstić information content (AvgIpc) is 3.10. The van der Waals surface area contributed by atoms with Crippen LogP contribution in [0.15, 0.2) is 23.2 Å². The van der Waals surface area contributed by atoms with Crippen LogP contribution in [0.1, 0.15) is 25.8 Å². The highest BCUT2D eigenvalue weighted by Crippen LogP contribution is 2.29. The van der Waals surface area contributed by atoms with E-state index >= 15 is 0 Å². The summed E-state index contributed by atoms with van der Waals surface area (Å²) in [6.07, 6.45) is 1.11. The lowest BCUT2D eigenvalue weighted by molar-refractivity contribution is 0.0536. The monoisotopic (exact) mass is 415 g/mol. The summed E-state index contributed by atoms with van der Waals surface area (Å²) in [5, 5.41) is 4.69. The Morgan fingerprint density at radius 1 is 1.30 bits per heavy atom. The third-order valence-corrected chi connectivity index (χ3v) is 5.71. The summed E-state index contributed by atoms with van der Waals surface area (Å²) in [5.41, 5.74) is 1.04. The first kappa shape index (κ1) is 22.3. The third-order valence-electron chi connectivity index (χ3n) is 4.97. The van der Waals surface area contributed by atoms with E-state index in [0.29, 0.717) is 29.2 Å². The number of ether oxygens (including phenoxy) is 2. The van der Waals surface area contributed by atoms with Crippen molar-refractivity contribution >= 4 is 29.2 Å². The van der Waals surface area contributed by atoms with Crippen molar-refractivity contribution in [3.05, 3.63) is 33.8 Å². The zero-order chi connectivity index (χ0) is 19.9. The van der Waals surface area contributed by atoms with Gasteiger partial charge in [-0.2, -0.15) is 0 Å². The van der Waals surface area contributed by atoms with Gasteiger partial charge in [-0.25, -0.2) is 0 Å². The molecule has 0 aromatic heterocycles. The first-order valence-corrected chi connectivity index (χ1v) is 10.1. The molecule has 0 radical (unpaired) electrons. The van der Waals surface area contributed by atoms with Gasteiger partial charge in [0.15, 0.2) is 5.96 Å². The Hall–Kier alpha value is -1.01. The van der Waals surface area contributed by atoms with Gasteiger partial charge in [0.25, 0.3) is 0 Å². The van der Waals surface area contributed by atoms with Crippen molar-refractivity contribution in [3.63, 3.8) is 0 Å². The number of rotatable bonds is 8. The SMILES string of the molecule is CN=C(NCC(C)(C)c1ccc(Cl)c(Cl)c1)N1CCC(COCCOC)C1. The minimum Gasteiger partial charge on any atom is -0.382 e. The minimum atomic E-state index is -0.105. The van der Waals surface area contributed by atoms with Crippen LogP contribution in [-0.4, -0.2) is 64.5 Å². The van der Waals surface area contributed by atoms with Gasteiger partial charge >= 0.3 is 0 Å². The van der Waals surface area contributed by atoms with Gasteiger partial charge in [-0.05, 0) is 24.1 Å². The average molecular weight is 416 g/mol. The molecule has 27 heavy (non-hydrogen) atoms. The molecular formula is C20H31Cl2N3O2. The zero-order valence-electron chi connectivity index (χ0n) is 16.7. The van der Waals surface area contributed by atoms with E-state index in [2.05, 4.69) is 29.1 Å².